The smallest absolute Gasteiger partial charge is 0.320 e. The van der Waals surface area contributed by atoms with Gasteiger partial charge in [0.15, 0.2) is 10.2 Å². The van der Waals surface area contributed by atoms with Crippen molar-refractivity contribution >= 4 is 46.6 Å². The second-order valence-electron chi connectivity index (χ2n) is 11.3. The van der Waals surface area contributed by atoms with Crippen molar-refractivity contribution in [3.8, 4) is 0 Å². The Labute approximate surface area is 281 Å². The number of aliphatic carboxylic acids is 2. The van der Waals surface area contributed by atoms with Crippen LogP contribution in [0.3, 0.4) is 0 Å². The molecule has 17 heteroatoms. The van der Waals surface area contributed by atoms with Crippen LogP contribution in [0.5, 0.6) is 0 Å². The highest BCUT2D eigenvalue weighted by Crippen LogP contribution is 2.15. The molecule has 1 aromatic rings. The molecule has 0 radical (unpaired) electrons. The van der Waals surface area contributed by atoms with Gasteiger partial charge in [-0.3, -0.25) is 24.4 Å². The van der Waals surface area contributed by atoms with E-state index >= 15 is 0 Å². The van der Waals surface area contributed by atoms with Crippen molar-refractivity contribution < 1.29 is 35.1 Å². The molecule has 2 rings (SSSR count). The summed E-state index contributed by atoms with van der Waals surface area (Å²) < 4.78 is 0. The summed E-state index contributed by atoms with van der Waals surface area (Å²) in [6.45, 7) is 5.04. The van der Waals surface area contributed by atoms with E-state index in [0.717, 1.165) is 0 Å². The summed E-state index contributed by atoms with van der Waals surface area (Å²) >= 11 is 10.5. The van der Waals surface area contributed by atoms with Crippen LogP contribution in [0.4, 0.5) is 0 Å². The standard InChI is InChI=1S/C29H50N8O7S2/c1-3-22(39)15-32-28(45)30-9-7-24(26(41)42)36-13-11-35(2)12-14-37(18-21-6-4-5-20(17-36)34-21)25(27(43)44)8-10-31-29(46)33-16-23(40)19-38/h4-6,22-25,38-40H,3,7-19H2,1-2H3,(H,41,42)(H,43,44)(H2,30,32,45)(H2,31,33,46)/t22-,23+,24?,25?/m1/s1. The highest BCUT2D eigenvalue weighted by atomic mass is 32.1. The fourth-order valence-corrected chi connectivity index (χ4v) is 5.22. The number of aromatic nitrogens is 1. The SMILES string of the molecule is CC[C@@H](O)CNC(=S)NCCC(C(=O)O)N1CCN(C)CCN(C(CCNC(=S)NC[C@H](O)CO)C(=O)O)Cc2cccc(n2)C1. The number of nitrogens with zero attached hydrogens (tertiary/aromatic N) is 4. The third-order valence-corrected chi connectivity index (χ3v) is 8.25. The number of nitrogens with one attached hydrogen (secondary N) is 4. The highest BCUT2D eigenvalue weighted by Gasteiger charge is 2.29. The second kappa shape index (κ2) is 21.2. The van der Waals surface area contributed by atoms with E-state index in [-0.39, 0.29) is 31.2 Å². The number of carbonyl (C=O) groups is 2. The van der Waals surface area contributed by atoms with Gasteiger partial charge >= 0.3 is 11.9 Å². The first-order valence-corrected chi connectivity index (χ1v) is 16.3. The van der Waals surface area contributed by atoms with E-state index in [1.807, 2.05) is 42.0 Å². The molecule has 2 unspecified atom stereocenters. The largest absolute Gasteiger partial charge is 0.480 e. The summed E-state index contributed by atoms with van der Waals surface area (Å²) in [6.07, 6.45) is -0.326. The van der Waals surface area contributed by atoms with Gasteiger partial charge in [0.25, 0.3) is 0 Å². The molecule has 1 aromatic heterocycles. The van der Waals surface area contributed by atoms with E-state index in [1.165, 1.54) is 0 Å². The molecule has 0 fully saturated rings. The van der Waals surface area contributed by atoms with Crippen LogP contribution in [0.1, 0.15) is 37.6 Å². The van der Waals surface area contributed by atoms with Crippen LogP contribution in [0.25, 0.3) is 0 Å². The molecule has 0 spiro atoms. The lowest BCUT2D eigenvalue weighted by molar-refractivity contribution is -0.144. The van der Waals surface area contributed by atoms with Gasteiger partial charge in [0, 0.05) is 65.4 Å². The molecular formula is C29H50N8O7S2. The third-order valence-electron chi connectivity index (χ3n) is 7.67. The van der Waals surface area contributed by atoms with Crippen LogP contribution in [-0.2, 0) is 22.7 Å². The Hall–Kier alpha value is -2.77. The Kier molecular flexibility index (Phi) is 18.1. The number of aliphatic hydroxyl groups excluding tert-OH is 3. The van der Waals surface area contributed by atoms with E-state index in [9.17, 15) is 30.0 Å². The number of carboxylic acids is 2. The van der Waals surface area contributed by atoms with Gasteiger partial charge in [0.1, 0.15) is 12.1 Å². The summed E-state index contributed by atoms with van der Waals surface area (Å²) in [7, 11) is 1.92. The Morgan fingerprint density at radius 2 is 1.28 bits per heavy atom. The molecule has 0 aliphatic carbocycles. The lowest BCUT2D eigenvalue weighted by Gasteiger charge is -2.34. The van der Waals surface area contributed by atoms with Crippen molar-refractivity contribution in [1.82, 2.24) is 41.0 Å². The summed E-state index contributed by atoms with van der Waals surface area (Å²) in [5.74, 6) is -1.92. The minimum Gasteiger partial charge on any atom is -0.480 e. The maximum Gasteiger partial charge on any atom is 0.320 e. The van der Waals surface area contributed by atoms with Gasteiger partial charge in [-0.2, -0.15) is 0 Å². The molecule has 1 aliphatic rings. The zero-order chi connectivity index (χ0) is 34.1. The minimum absolute atomic E-state index is 0.0726. The van der Waals surface area contributed by atoms with E-state index < -0.39 is 42.8 Å². The number of hydrogen-bond donors (Lipinski definition) is 9. The zero-order valence-electron chi connectivity index (χ0n) is 26.6. The number of hydrogen-bond acceptors (Lipinski definition) is 11. The van der Waals surface area contributed by atoms with Gasteiger partial charge in [0.2, 0.25) is 0 Å². The third kappa shape index (κ3) is 14.8. The van der Waals surface area contributed by atoms with Crippen LogP contribution in [0.15, 0.2) is 18.2 Å². The van der Waals surface area contributed by atoms with Crippen LogP contribution in [0, 0.1) is 0 Å². The summed E-state index contributed by atoms with van der Waals surface area (Å²) in [6, 6.07) is 3.89. The maximum absolute atomic E-state index is 12.4. The molecule has 4 atom stereocenters. The highest BCUT2D eigenvalue weighted by molar-refractivity contribution is 7.80. The lowest BCUT2D eigenvalue weighted by atomic mass is 10.1. The quantitative estimate of drug-likeness (QED) is 0.0895. The van der Waals surface area contributed by atoms with Gasteiger partial charge in [-0.05, 0) is 62.9 Å². The predicted octanol–water partition coefficient (Wildman–Crippen LogP) is -1.63. The number of pyridine rings is 1. The van der Waals surface area contributed by atoms with Gasteiger partial charge in [-0.15, -0.1) is 0 Å². The second-order valence-corrected chi connectivity index (χ2v) is 12.1. The van der Waals surface area contributed by atoms with Gasteiger partial charge in [-0.25, -0.2) is 0 Å². The topological polar surface area (TPSA) is 206 Å². The first-order chi connectivity index (χ1) is 21.9. The Bertz CT molecular complexity index is 1040. The van der Waals surface area contributed by atoms with E-state index in [2.05, 4.69) is 26.2 Å². The molecular weight excluding hydrogens is 637 g/mol. The van der Waals surface area contributed by atoms with Crippen LogP contribution in [0.2, 0.25) is 0 Å². The molecule has 0 aromatic carbocycles. The van der Waals surface area contributed by atoms with Crippen molar-refractivity contribution in [2.24, 2.45) is 0 Å². The molecule has 0 saturated heterocycles. The van der Waals surface area contributed by atoms with Crippen LogP contribution >= 0.6 is 24.4 Å². The first kappa shape index (κ1) is 39.4. The molecule has 2 heterocycles. The molecule has 1 aliphatic heterocycles. The minimum atomic E-state index is -0.970. The van der Waals surface area contributed by atoms with Gasteiger partial charge in [-0.1, -0.05) is 13.0 Å². The predicted molar refractivity (Wildman–Crippen MR) is 181 cm³/mol. The van der Waals surface area contributed by atoms with Gasteiger partial charge in [0.05, 0.1) is 30.2 Å². The summed E-state index contributed by atoms with van der Waals surface area (Å²) in [4.78, 5) is 35.4. The molecule has 0 amide bonds. The fraction of sp³-hybridized carbons (Fsp3) is 0.690. The van der Waals surface area contributed by atoms with Crippen molar-refractivity contribution in [2.75, 3.05) is 66.0 Å². The zero-order valence-corrected chi connectivity index (χ0v) is 28.2. The molecule has 46 heavy (non-hydrogen) atoms. The number of fused-ring (bicyclic) bond motifs is 2. The van der Waals surface area contributed by atoms with E-state index in [1.54, 1.807) is 0 Å². The fourth-order valence-electron chi connectivity index (χ4n) is 4.85. The van der Waals surface area contributed by atoms with Crippen molar-refractivity contribution in [1.29, 1.82) is 0 Å². The number of thiocarbonyl (C=S) groups is 2. The molecule has 9 N–H and O–H groups in total. The van der Waals surface area contributed by atoms with Crippen molar-refractivity contribution in [3.63, 3.8) is 0 Å². The molecule has 2 bridgehead atoms. The molecule has 0 saturated carbocycles. The summed E-state index contributed by atoms with van der Waals surface area (Å²) in [5, 5.41) is 60.8. The monoisotopic (exact) mass is 686 g/mol. The number of aliphatic hydroxyl groups is 3. The normalized spacial score (nSPS) is 17.8. The van der Waals surface area contributed by atoms with Crippen LogP contribution in [-0.4, -0.2) is 158 Å². The molecule has 15 nitrogen and oxygen atoms in total. The molecule has 260 valence electrons. The Morgan fingerprint density at radius 1 is 0.826 bits per heavy atom. The Morgan fingerprint density at radius 3 is 1.70 bits per heavy atom. The maximum atomic E-state index is 12.4. The number of likely N-dealkylation sites (N-methyl/N-ethyl adjacent to an activating group) is 1. The lowest BCUT2D eigenvalue weighted by Crippen LogP contribution is -2.49. The van der Waals surface area contributed by atoms with Crippen LogP contribution < -0.4 is 21.3 Å². The number of carboxylic acid groups (broad SMARTS) is 2. The van der Waals surface area contributed by atoms with E-state index in [0.29, 0.717) is 75.2 Å². The van der Waals surface area contributed by atoms with E-state index in [4.69, 9.17) is 34.5 Å². The average molecular weight is 687 g/mol. The summed E-state index contributed by atoms with van der Waals surface area (Å²) in [5.41, 5.74) is 1.36. The van der Waals surface area contributed by atoms with Crippen molar-refractivity contribution in [3.05, 3.63) is 29.6 Å². The van der Waals surface area contributed by atoms with Crippen molar-refractivity contribution in [2.45, 2.75) is 63.6 Å². The first-order valence-electron chi connectivity index (χ1n) is 15.5. The number of rotatable bonds is 16. The Balaban J connectivity index is 2.12. The average Bonchev–Trinajstić information content (AvgIpc) is 3.02. The van der Waals surface area contributed by atoms with Gasteiger partial charge < -0.3 is 51.7 Å².